The summed E-state index contributed by atoms with van der Waals surface area (Å²) in [5, 5.41) is 14.0. The van der Waals surface area contributed by atoms with Crippen LogP contribution in [0.15, 0.2) is 35.7 Å². The third-order valence-electron chi connectivity index (χ3n) is 3.91. The fourth-order valence-electron chi connectivity index (χ4n) is 2.62. The van der Waals surface area contributed by atoms with Crippen LogP contribution in [-0.2, 0) is 0 Å². The standard InChI is InChI=1S/C19H11FI3NO4S/c1-28-12-6-10(21)13(16(23)15(12)22)18(25)24-11-7-29-17(14(11)19(26)27)8-3-2-4-9(20)5-8/h2-7H,1H3,(H,24,25)(H,26,27). The first kappa shape index (κ1) is 22.7. The van der Waals surface area contributed by atoms with Gasteiger partial charge in [-0.15, -0.1) is 11.3 Å². The lowest BCUT2D eigenvalue weighted by Gasteiger charge is -2.13. The van der Waals surface area contributed by atoms with E-state index in [1.807, 2.05) is 22.6 Å². The SMILES string of the molecule is COc1cc(I)c(C(=O)Nc2csc(-c3cccc(F)c3)c2C(=O)O)c(I)c1I. The van der Waals surface area contributed by atoms with Gasteiger partial charge in [-0.2, -0.15) is 0 Å². The van der Waals surface area contributed by atoms with Gasteiger partial charge >= 0.3 is 5.97 Å². The van der Waals surface area contributed by atoms with Crippen LogP contribution in [0, 0.1) is 16.5 Å². The van der Waals surface area contributed by atoms with Gasteiger partial charge in [-0.05, 0) is 91.5 Å². The highest BCUT2D eigenvalue weighted by Gasteiger charge is 2.25. The summed E-state index contributed by atoms with van der Waals surface area (Å²) in [6.07, 6.45) is 0. The van der Waals surface area contributed by atoms with Crippen LogP contribution in [-0.4, -0.2) is 24.1 Å². The second kappa shape index (κ2) is 9.43. The van der Waals surface area contributed by atoms with Crippen molar-refractivity contribution in [1.82, 2.24) is 0 Å². The van der Waals surface area contributed by atoms with Gasteiger partial charge in [0.25, 0.3) is 5.91 Å². The third-order valence-corrected chi connectivity index (χ3v) is 8.97. The van der Waals surface area contributed by atoms with Crippen LogP contribution in [0.4, 0.5) is 10.1 Å². The first-order valence-electron chi connectivity index (χ1n) is 7.88. The van der Waals surface area contributed by atoms with Gasteiger partial charge in [0.15, 0.2) is 0 Å². The molecule has 0 fully saturated rings. The molecule has 0 radical (unpaired) electrons. The molecule has 1 heterocycles. The maximum atomic E-state index is 13.6. The second-order valence-electron chi connectivity index (χ2n) is 5.69. The Hall–Kier alpha value is -1.000. The van der Waals surface area contributed by atoms with Gasteiger partial charge in [0, 0.05) is 12.5 Å². The number of amides is 1. The Bertz CT molecular complexity index is 1130. The molecular weight excluding hydrogens is 738 g/mol. The monoisotopic (exact) mass is 749 g/mol. The molecule has 3 rings (SSSR count). The number of methoxy groups -OCH3 is 1. The number of carboxylic acid groups (broad SMARTS) is 1. The normalized spacial score (nSPS) is 10.7. The van der Waals surface area contributed by atoms with Crippen molar-refractivity contribution in [3.8, 4) is 16.2 Å². The summed E-state index contributed by atoms with van der Waals surface area (Å²) in [6, 6.07) is 7.45. The van der Waals surface area contributed by atoms with Gasteiger partial charge in [0.2, 0.25) is 0 Å². The van der Waals surface area contributed by atoms with E-state index >= 15 is 0 Å². The molecule has 2 aromatic carbocycles. The van der Waals surface area contributed by atoms with Crippen molar-refractivity contribution in [3.05, 3.63) is 63.4 Å². The number of halogens is 4. The first-order chi connectivity index (χ1) is 13.7. The fourth-order valence-corrected chi connectivity index (χ4v) is 6.37. The molecule has 0 atom stereocenters. The molecule has 1 aromatic heterocycles. The predicted octanol–water partition coefficient (Wildman–Crippen LogP) is 6.33. The van der Waals surface area contributed by atoms with E-state index in [-0.39, 0.29) is 11.3 Å². The maximum absolute atomic E-state index is 13.6. The number of carboxylic acids is 1. The summed E-state index contributed by atoms with van der Waals surface area (Å²) in [7, 11) is 1.56. The van der Waals surface area contributed by atoms with E-state index < -0.39 is 17.7 Å². The first-order valence-corrected chi connectivity index (χ1v) is 12.0. The molecule has 29 heavy (non-hydrogen) atoms. The highest BCUT2D eigenvalue weighted by Crippen LogP contribution is 2.38. The minimum atomic E-state index is -1.20. The number of rotatable bonds is 5. The van der Waals surface area contributed by atoms with E-state index in [2.05, 4.69) is 50.5 Å². The van der Waals surface area contributed by atoms with Crippen molar-refractivity contribution in [3.63, 3.8) is 0 Å². The van der Waals surface area contributed by atoms with Crippen molar-refractivity contribution < 1.29 is 23.8 Å². The van der Waals surface area contributed by atoms with Crippen molar-refractivity contribution in [2.24, 2.45) is 0 Å². The number of ether oxygens (including phenoxy) is 1. The number of benzene rings is 2. The molecule has 0 saturated heterocycles. The molecule has 5 nitrogen and oxygen atoms in total. The molecule has 0 unspecified atom stereocenters. The summed E-state index contributed by atoms with van der Waals surface area (Å²) in [4.78, 5) is 25.2. The van der Waals surface area contributed by atoms with E-state index in [4.69, 9.17) is 4.74 Å². The zero-order chi connectivity index (χ0) is 21.3. The number of carbonyl (C=O) groups is 2. The fraction of sp³-hybridized carbons (Fsp3) is 0.0526. The number of anilines is 1. The highest BCUT2D eigenvalue weighted by molar-refractivity contribution is 14.1. The number of nitrogens with one attached hydrogen (secondary N) is 1. The molecule has 2 N–H and O–H groups in total. The van der Waals surface area contributed by atoms with Gasteiger partial charge in [-0.3, -0.25) is 4.79 Å². The average Bonchev–Trinajstić information content (AvgIpc) is 3.08. The van der Waals surface area contributed by atoms with Crippen LogP contribution in [0.1, 0.15) is 20.7 Å². The molecule has 10 heteroatoms. The Morgan fingerprint density at radius 2 is 1.86 bits per heavy atom. The minimum absolute atomic E-state index is 0.0674. The Morgan fingerprint density at radius 1 is 1.14 bits per heavy atom. The predicted molar refractivity (Wildman–Crippen MR) is 136 cm³/mol. The van der Waals surface area contributed by atoms with Crippen LogP contribution in [0.3, 0.4) is 0 Å². The lowest BCUT2D eigenvalue weighted by molar-refractivity contribution is 0.0699. The Kier molecular flexibility index (Phi) is 7.37. The topological polar surface area (TPSA) is 75.6 Å². The van der Waals surface area contributed by atoms with Gasteiger partial charge < -0.3 is 15.2 Å². The van der Waals surface area contributed by atoms with E-state index in [0.717, 1.165) is 14.9 Å². The molecule has 1 amide bonds. The van der Waals surface area contributed by atoms with Gasteiger partial charge in [-0.25, -0.2) is 9.18 Å². The lowest BCUT2D eigenvalue weighted by atomic mass is 10.1. The average molecular weight is 749 g/mol. The summed E-state index contributed by atoms with van der Waals surface area (Å²) in [6.45, 7) is 0. The Balaban J connectivity index is 2.03. The summed E-state index contributed by atoms with van der Waals surface area (Å²) >= 11 is 7.35. The smallest absolute Gasteiger partial charge is 0.339 e. The van der Waals surface area contributed by atoms with E-state index in [1.165, 1.54) is 18.2 Å². The van der Waals surface area contributed by atoms with Crippen LogP contribution in [0.5, 0.6) is 5.75 Å². The largest absolute Gasteiger partial charge is 0.496 e. The molecule has 0 aliphatic heterocycles. The lowest BCUT2D eigenvalue weighted by Crippen LogP contribution is -2.17. The minimum Gasteiger partial charge on any atom is -0.496 e. The van der Waals surface area contributed by atoms with E-state index in [9.17, 15) is 19.1 Å². The number of aromatic carboxylic acids is 1. The summed E-state index contributed by atoms with van der Waals surface area (Å²) in [5.74, 6) is -1.43. The third kappa shape index (κ3) is 4.69. The van der Waals surface area contributed by atoms with E-state index in [0.29, 0.717) is 28.9 Å². The van der Waals surface area contributed by atoms with Crippen LogP contribution < -0.4 is 10.1 Å². The maximum Gasteiger partial charge on any atom is 0.339 e. The molecule has 0 aliphatic rings. The van der Waals surface area contributed by atoms with Crippen LogP contribution in [0.2, 0.25) is 0 Å². The number of carbonyl (C=O) groups excluding carboxylic acids is 1. The molecule has 0 spiro atoms. The highest BCUT2D eigenvalue weighted by atomic mass is 127. The quantitative estimate of drug-likeness (QED) is 0.237. The zero-order valence-electron chi connectivity index (χ0n) is 14.6. The molecule has 0 aliphatic carbocycles. The molecule has 0 saturated carbocycles. The zero-order valence-corrected chi connectivity index (χ0v) is 21.8. The van der Waals surface area contributed by atoms with Crippen molar-refractivity contribution >= 4 is 96.7 Å². The molecule has 3 aromatic rings. The van der Waals surface area contributed by atoms with Crippen molar-refractivity contribution in [2.45, 2.75) is 0 Å². The summed E-state index contributed by atoms with van der Waals surface area (Å²) < 4.78 is 21.1. The molecular formula is C19H11FI3NO4S. The van der Waals surface area contributed by atoms with Crippen LogP contribution in [0.25, 0.3) is 10.4 Å². The van der Waals surface area contributed by atoms with Crippen LogP contribution >= 0.6 is 79.1 Å². The number of hydrogen-bond acceptors (Lipinski definition) is 4. The van der Waals surface area contributed by atoms with Crippen molar-refractivity contribution in [1.29, 1.82) is 0 Å². The van der Waals surface area contributed by atoms with Crippen molar-refractivity contribution in [2.75, 3.05) is 12.4 Å². The van der Waals surface area contributed by atoms with E-state index in [1.54, 1.807) is 24.6 Å². The van der Waals surface area contributed by atoms with Gasteiger partial charge in [-0.1, -0.05) is 12.1 Å². The Labute approximate surface area is 210 Å². The Morgan fingerprint density at radius 3 is 2.48 bits per heavy atom. The van der Waals surface area contributed by atoms with Gasteiger partial charge in [0.1, 0.15) is 17.1 Å². The second-order valence-corrected chi connectivity index (χ2v) is 9.89. The molecule has 0 bridgehead atoms. The molecule has 150 valence electrons. The summed E-state index contributed by atoms with van der Waals surface area (Å²) in [5.41, 5.74) is 0.980. The number of thiophene rings is 1. The number of hydrogen-bond donors (Lipinski definition) is 2. The van der Waals surface area contributed by atoms with Gasteiger partial charge in [0.05, 0.1) is 26.8 Å².